The summed E-state index contributed by atoms with van der Waals surface area (Å²) >= 11 is 0. The molecule has 0 heterocycles. The molecule has 2 amide bonds. The predicted molar refractivity (Wildman–Crippen MR) is 177 cm³/mol. The van der Waals surface area contributed by atoms with Gasteiger partial charge in [0, 0.05) is 25.0 Å². The third kappa shape index (κ3) is 9.14. The first-order valence-corrected chi connectivity index (χ1v) is 15.3. The second-order valence-corrected chi connectivity index (χ2v) is 11.4. The largest absolute Gasteiger partial charge is 0.493 e. The molecule has 0 saturated heterocycles. The number of amides is 2. The van der Waals surface area contributed by atoms with Gasteiger partial charge in [0.25, 0.3) is 0 Å². The second-order valence-electron chi connectivity index (χ2n) is 11.4. The average Bonchev–Trinajstić information content (AvgIpc) is 3.05. The van der Waals surface area contributed by atoms with Gasteiger partial charge in [0.1, 0.15) is 13.2 Å². The summed E-state index contributed by atoms with van der Waals surface area (Å²) in [6.07, 6.45) is 0. The van der Waals surface area contributed by atoms with Crippen LogP contribution in [0.2, 0.25) is 0 Å². The Morgan fingerprint density at radius 1 is 0.542 bits per heavy atom. The minimum absolute atomic E-state index is 0.00365. The van der Waals surface area contributed by atoms with Crippen LogP contribution < -0.4 is 39.1 Å². The van der Waals surface area contributed by atoms with Crippen molar-refractivity contribution in [1.82, 2.24) is 10.6 Å². The highest BCUT2D eigenvalue weighted by Gasteiger charge is 2.35. The second kappa shape index (κ2) is 17.9. The lowest BCUT2D eigenvalue weighted by Gasteiger charge is -2.25. The summed E-state index contributed by atoms with van der Waals surface area (Å²) in [5.41, 5.74) is -0.110. The molecule has 0 aliphatic rings. The molecule has 2 N–H and O–H groups in total. The van der Waals surface area contributed by atoms with Gasteiger partial charge in [0.2, 0.25) is 23.3 Å². The van der Waals surface area contributed by atoms with Gasteiger partial charge in [-0.05, 0) is 24.0 Å². The number of benzene rings is 2. The molecule has 2 rings (SSSR count). The highest BCUT2D eigenvalue weighted by Crippen LogP contribution is 2.54. The molecule has 2 aromatic rings. The molecule has 2 aromatic carbocycles. The quantitative estimate of drug-likeness (QED) is 0.231. The monoisotopic (exact) mass is 676 g/mol. The molecule has 0 aliphatic carbocycles. The summed E-state index contributed by atoms with van der Waals surface area (Å²) in [5, 5.41) is 5.57. The topological polar surface area (TPSA) is 166 Å². The molecular formula is C34H48N2O12. The van der Waals surface area contributed by atoms with E-state index in [2.05, 4.69) is 10.6 Å². The first kappa shape index (κ1) is 39.3. The van der Waals surface area contributed by atoms with Gasteiger partial charge in [0.05, 0.1) is 65.9 Å². The Bertz CT molecular complexity index is 1360. The fourth-order valence-electron chi connectivity index (χ4n) is 4.94. The van der Waals surface area contributed by atoms with Crippen molar-refractivity contribution in [3.8, 4) is 45.6 Å². The first-order chi connectivity index (χ1) is 22.7. The van der Waals surface area contributed by atoms with Crippen LogP contribution >= 0.6 is 0 Å². The molecular weight excluding hydrogens is 628 g/mol. The summed E-state index contributed by atoms with van der Waals surface area (Å²) in [5.74, 6) is -1.89. The lowest BCUT2D eigenvalue weighted by molar-refractivity contribution is -0.121. The Morgan fingerprint density at radius 2 is 0.854 bits per heavy atom. The SMILES string of the molecule is COc1cc(C(=O)OC[C@@H](NC(C)=O)C(C)C)c(-c2c(C(=O)OC[C@@H](NC(C)=O)C(C)C)cc(OC)c(OC)c2OC)c(OC)c1OC. The molecule has 48 heavy (non-hydrogen) atoms. The summed E-state index contributed by atoms with van der Waals surface area (Å²) in [7, 11) is 8.26. The number of carbonyl (C=O) groups is 4. The van der Waals surface area contributed by atoms with E-state index in [0.717, 1.165) is 0 Å². The highest BCUT2D eigenvalue weighted by atomic mass is 16.6. The Labute approximate surface area is 281 Å². The zero-order valence-electron chi connectivity index (χ0n) is 29.8. The fraction of sp³-hybridized carbons (Fsp3) is 0.529. The third-order valence-electron chi connectivity index (χ3n) is 7.52. The van der Waals surface area contributed by atoms with E-state index in [1.807, 2.05) is 27.7 Å². The van der Waals surface area contributed by atoms with Crippen molar-refractivity contribution >= 4 is 23.8 Å². The highest BCUT2D eigenvalue weighted by molar-refractivity contribution is 6.08. The molecule has 0 spiro atoms. The van der Waals surface area contributed by atoms with E-state index in [9.17, 15) is 19.2 Å². The van der Waals surface area contributed by atoms with Crippen LogP contribution in [-0.2, 0) is 19.1 Å². The van der Waals surface area contributed by atoms with E-state index < -0.39 is 24.0 Å². The minimum atomic E-state index is -0.832. The van der Waals surface area contributed by atoms with E-state index in [4.69, 9.17) is 37.9 Å². The summed E-state index contributed by atoms with van der Waals surface area (Å²) in [6, 6.07) is 1.79. The number of hydrogen-bond acceptors (Lipinski definition) is 12. The van der Waals surface area contributed by atoms with Crippen molar-refractivity contribution in [3.05, 3.63) is 23.3 Å². The maximum atomic E-state index is 14.0. The van der Waals surface area contributed by atoms with Crippen molar-refractivity contribution in [1.29, 1.82) is 0 Å². The van der Waals surface area contributed by atoms with Crippen molar-refractivity contribution < 1.29 is 57.1 Å². The van der Waals surface area contributed by atoms with Crippen molar-refractivity contribution in [3.63, 3.8) is 0 Å². The normalized spacial score (nSPS) is 12.0. The lowest BCUT2D eigenvalue weighted by atomic mass is 9.91. The van der Waals surface area contributed by atoms with Crippen molar-refractivity contribution in [2.45, 2.75) is 53.6 Å². The molecule has 0 radical (unpaired) electrons. The number of nitrogens with one attached hydrogen (secondary N) is 2. The van der Waals surface area contributed by atoms with Crippen LogP contribution in [0.15, 0.2) is 12.1 Å². The first-order valence-electron chi connectivity index (χ1n) is 15.3. The molecule has 0 aliphatic heterocycles. The van der Waals surface area contributed by atoms with E-state index in [1.165, 1.54) is 68.6 Å². The lowest BCUT2D eigenvalue weighted by Crippen LogP contribution is -2.41. The predicted octanol–water partition coefficient (Wildman–Crippen LogP) is 4.04. The Morgan fingerprint density at radius 3 is 1.08 bits per heavy atom. The summed E-state index contributed by atoms with van der Waals surface area (Å²) in [6.45, 7) is 9.93. The average molecular weight is 677 g/mol. The molecule has 266 valence electrons. The van der Waals surface area contributed by atoms with Crippen LogP contribution in [0.25, 0.3) is 11.1 Å². The summed E-state index contributed by atoms with van der Waals surface area (Å²) < 4.78 is 45.5. The van der Waals surface area contributed by atoms with Crippen LogP contribution in [0.4, 0.5) is 0 Å². The molecule has 0 bridgehead atoms. The van der Waals surface area contributed by atoms with Gasteiger partial charge in [0.15, 0.2) is 23.0 Å². The van der Waals surface area contributed by atoms with Gasteiger partial charge in [-0.2, -0.15) is 0 Å². The van der Waals surface area contributed by atoms with Crippen LogP contribution in [0.1, 0.15) is 62.3 Å². The maximum Gasteiger partial charge on any atom is 0.339 e. The van der Waals surface area contributed by atoms with Crippen LogP contribution in [0.5, 0.6) is 34.5 Å². The maximum absolute atomic E-state index is 14.0. The Hall–Kier alpha value is -4.88. The number of ether oxygens (including phenoxy) is 8. The van der Waals surface area contributed by atoms with E-state index in [1.54, 1.807) is 0 Å². The smallest absolute Gasteiger partial charge is 0.339 e. The number of esters is 2. The van der Waals surface area contributed by atoms with E-state index in [-0.39, 0.29) is 93.6 Å². The van der Waals surface area contributed by atoms with Crippen LogP contribution in [-0.4, -0.2) is 91.7 Å². The van der Waals surface area contributed by atoms with Crippen LogP contribution in [0.3, 0.4) is 0 Å². The molecule has 2 atom stereocenters. The third-order valence-corrected chi connectivity index (χ3v) is 7.52. The van der Waals surface area contributed by atoms with Gasteiger partial charge in [-0.1, -0.05) is 27.7 Å². The molecule has 0 aromatic heterocycles. The Kier molecular flexibility index (Phi) is 14.6. The van der Waals surface area contributed by atoms with Gasteiger partial charge >= 0.3 is 11.9 Å². The number of methoxy groups -OCH3 is 6. The fourth-order valence-corrected chi connectivity index (χ4v) is 4.94. The van der Waals surface area contributed by atoms with Gasteiger partial charge in [-0.15, -0.1) is 0 Å². The van der Waals surface area contributed by atoms with Crippen molar-refractivity contribution in [2.24, 2.45) is 11.8 Å². The zero-order valence-corrected chi connectivity index (χ0v) is 29.8. The molecule has 0 saturated carbocycles. The molecule has 0 fully saturated rings. The van der Waals surface area contributed by atoms with Gasteiger partial charge < -0.3 is 48.5 Å². The number of rotatable bonds is 17. The number of hydrogen-bond donors (Lipinski definition) is 2. The van der Waals surface area contributed by atoms with E-state index >= 15 is 0 Å². The van der Waals surface area contributed by atoms with Crippen LogP contribution in [0, 0.1) is 11.8 Å². The number of carbonyl (C=O) groups excluding carboxylic acids is 4. The standard InChI is InChI=1S/C34H48N2O12/c1-17(2)23(35-19(5)37)15-47-33(39)21-13-25(41-7)29(43-9)31(45-11)27(21)28-22(14-26(42-8)30(44-10)32(28)46-12)34(40)48-16-24(18(3)4)36-20(6)38/h13-14,17-18,23-24H,15-16H2,1-12H3,(H,35,37)(H,36,38)/t23-,24-/m1/s1. The summed E-state index contributed by atoms with van der Waals surface area (Å²) in [4.78, 5) is 51.6. The minimum Gasteiger partial charge on any atom is -0.493 e. The Balaban J connectivity index is 2.98. The van der Waals surface area contributed by atoms with Crippen molar-refractivity contribution in [2.75, 3.05) is 55.9 Å². The van der Waals surface area contributed by atoms with Gasteiger partial charge in [-0.3, -0.25) is 9.59 Å². The molecule has 14 heteroatoms. The molecule has 0 unspecified atom stereocenters. The van der Waals surface area contributed by atoms with E-state index in [0.29, 0.717) is 0 Å². The van der Waals surface area contributed by atoms with Gasteiger partial charge in [-0.25, -0.2) is 9.59 Å². The zero-order chi connectivity index (χ0) is 36.3. The molecule has 14 nitrogen and oxygen atoms in total.